The molecule has 140 valence electrons. The number of benzene rings is 1. The van der Waals surface area contributed by atoms with Crippen molar-refractivity contribution in [3.05, 3.63) is 34.9 Å². The number of likely N-dealkylation sites (N-methyl/N-ethyl adjacent to an activating group) is 1. The zero-order valence-corrected chi connectivity index (χ0v) is 15.9. The quantitative estimate of drug-likeness (QED) is 0.884. The maximum absolute atomic E-state index is 10.4. The molecule has 0 saturated carbocycles. The van der Waals surface area contributed by atoms with Crippen LogP contribution in [0.3, 0.4) is 0 Å². The summed E-state index contributed by atoms with van der Waals surface area (Å²) in [5, 5.41) is 28.5. The van der Waals surface area contributed by atoms with Crippen molar-refractivity contribution in [1.29, 1.82) is 5.26 Å². The van der Waals surface area contributed by atoms with Crippen molar-refractivity contribution in [1.82, 2.24) is 15.1 Å². The van der Waals surface area contributed by atoms with E-state index in [1.54, 1.807) is 12.1 Å². The van der Waals surface area contributed by atoms with Gasteiger partial charge in [-0.05, 0) is 70.0 Å². The van der Waals surface area contributed by atoms with E-state index in [1.165, 1.54) is 31.0 Å². The molecule has 0 spiro atoms. The summed E-state index contributed by atoms with van der Waals surface area (Å²) in [4.78, 5) is 4.84. The number of phenols is 1. The van der Waals surface area contributed by atoms with Gasteiger partial charge in [-0.1, -0.05) is 0 Å². The number of phenolic OH excluding ortho intramolecular Hbond substituents is 1. The molecule has 0 aliphatic carbocycles. The van der Waals surface area contributed by atoms with Crippen molar-refractivity contribution in [2.24, 2.45) is 0 Å². The van der Waals surface area contributed by atoms with Crippen LogP contribution < -0.4 is 4.90 Å². The van der Waals surface area contributed by atoms with Crippen LogP contribution in [0.4, 0.5) is 5.82 Å². The zero-order valence-electron chi connectivity index (χ0n) is 15.9. The van der Waals surface area contributed by atoms with Crippen molar-refractivity contribution >= 4 is 5.82 Å². The van der Waals surface area contributed by atoms with Gasteiger partial charge < -0.3 is 14.9 Å². The van der Waals surface area contributed by atoms with Gasteiger partial charge in [0.2, 0.25) is 0 Å². The third kappa shape index (κ3) is 3.24. The fraction of sp³-hybridized carbons (Fsp3) is 0.476. The van der Waals surface area contributed by atoms with Gasteiger partial charge in [-0.15, -0.1) is 10.2 Å². The maximum atomic E-state index is 10.4. The predicted octanol–water partition coefficient (Wildman–Crippen LogP) is 2.88. The number of hydrogen-bond donors (Lipinski definition) is 1. The summed E-state index contributed by atoms with van der Waals surface area (Å²) < 4.78 is 0. The first-order valence-electron chi connectivity index (χ1n) is 9.63. The van der Waals surface area contributed by atoms with Crippen molar-refractivity contribution in [3.63, 3.8) is 0 Å². The molecule has 1 aromatic heterocycles. The van der Waals surface area contributed by atoms with E-state index in [9.17, 15) is 5.11 Å². The number of aromatic hydroxyl groups is 1. The second kappa shape index (κ2) is 7.16. The maximum Gasteiger partial charge on any atom is 0.155 e. The van der Waals surface area contributed by atoms with Crippen LogP contribution in [0.25, 0.3) is 11.3 Å². The highest BCUT2D eigenvalue weighted by atomic mass is 16.3. The summed E-state index contributed by atoms with van der Waals surface area (Å²) in [6.07, 6.45) is 4.51. The Bertz CT molecular complexity index is 904. The highest BCUT2D eigenvalue weighted by Crippen LogP contribution is 2.37. The van der Waals surface area contributed by atoms with E-state index >= 15 is 0 Å². The molecule has 0 amide bonds. The molecule has 2 aliphatic heterocycles. The Morgan fingerprint density at radius 2 is 2.07 bits per heavy atom. The molecule has 1 atom stereocenters. The number of nitriles is 1. The zero-order chi connectivity index (χ0) is 19.0. The number of anilines is 1. The smallest absolute Gasteiger partial charge is 0.155 e. The molecule has 1 aromatic carbocycles. The lowest BCUT2D eigenvalue weighted by Crippen LogP contribution is -2.49. The Kier molecular flexibility index (Phi) is 4.71. The topological polar surface area (TPSA) is 76.3 Å². The Hall–Kier alpha value is -2.65. The van der Waals surface area contributed by atoms with Crippen LogP contribution in [0, 0.1) is 18.3 Å². The lowest BCUT2D eigenvalue weighted by Gasteiger charge is -2.41. The summed E-state index contributed by atoms with van der Waals surface area (Å²) in [5.41, 5.74) is 4.10. The van der Waals surface area contributed by atoms with Crippen LogP contribution in [-0.2, 0) is 6.42 Å². The van der Waals surface area contributed by atoms with Gasteiger partial charge in [-0.2, -0.15) is 5.26 Å². The summed E-state index contributed by atoms with van der Waals surface area (Å²) in [5.74, 6) is 1.09. The van der Waals surface area contributed by atoms with E-state index < -0.39 is 0 Å². The molecule has 4 rings (SSSR count). The van der Waals surface area contributed by atoms with E-state index in [1.807, 2.05) is 0 Å². The third-order valence-corrected chi connectivity index (χ3v) is 5.84. The van der Waals surface area contributed by atoms with Gasteiger partial charge in [0.25, 0.3) is 0 Å². The molecule has 1 fully saturated rings. The highest BCUT2D eigenvalue weighted by Gasteiger charge is 2.30. The van der Waals surface area contributed by atoms with Crippen LogP contribution in [0.2, 0.25) is 0 Å². The van der Waals surface area contributed by atoms with E-state index in [0.29, 0.717) is 22.9 Å². The molecule has 3 heterocycles. The average Bonchev–Trinajstić information content (AvgIpc) is 2.68. The molecule has 6 heteroatoms. The number of aromatic nitrogens is 2. The molecule has 2 aromatic rings. The normalized spacial score (nSPS) is 20.2. The lowest BCUT2D eigenvalue weighted by atomic mass is 9.94. The molecule has 0 unspecified atom stereocenters. The minimum atomic E-state index is 0.0768. The number of fused-ring (bicyclic) bond motifs is 1. The highest BCUT2D eigenvalue weighted by molar-refractivity contribution is 5.73. The van der Waals surface area contributed by atoms with Gasteiger partial charge in [0.15, 0.2) is 5.82 Å². The van der Waals surface area contributed by atoms with Crippen molar-refractivity contribution in [3.8, 4) is 23.1 Å². The first-order valence-corrected chi connectivity index (χ1v) is 9.63. The summed E-state index contributed by atoms with van der Waals surface area (Å²) in [6.45, 7) is 5.33. The van der Waals surface area contributed by atoms with Crippen molar-refractivity contribution in [2.75, 3.05) is 31.6 Å². The van der Waals surface area contributed by atoms with Crippen LogP contribution in [0.15, 0.2) is 18.2 Å². The van der Waals surface area contributed by atoms with Gasteiger partial charge in [0.1, 0.15) is 5.75 Å². The minimum Gasteiger partial charge on any atom is -0.507 e. The fourth-order valence-electron chi connectivity index (χ4n) is 4.41. The minimum absolute atomic E-state index is 0.0768. The summed E-state index contributed by atoms with van der Waals surface area (Å²) in [7, 11) is 2.19. The van der Waals surface area contributed by atoms with Crippen molar-refractivity contribution in [2.45, 2.75) is 38.6 Å². The number of hydrogen-bond acceptors (Lipinski definition) is 6. The summed E-state index contributed by atoms with van der Waals surface area (Å²) >= 11 is 0. The second-order valence-electron chi connectivity index (χ2n) is 7.67. The van der Waals surface area contributed by atoms with E-state index in [-0.39, 0.29) is 5.75 Å². The monoisotopic (exact) mass is 363 g/mol. The van der Waals surface area contributed by atoms with Gasteiger partial charge >= 0.3 is 0 Å². The third-order valence-electron chi connectivity index (χ3n) is 5.84. The van der Waals surface area contributed by atoms with Gasteiger partial charge in [-0.25, -0.2) is 0 Å². The predicted molar refractivity (Wildman–Crippen MR) is 105 cm³/mol. The number of likely N-dealkylation sites (tertiary alicyclic amines) is 1. The second-order valence-corrected chi connectivity index (χ2v) is 7.67. The van der Waals surface area contributed by atoms with E-state index in [4.69, 9.17) is 5.26 Å². The number of nitrogens with zero attached hydrogens (tertiary/aromatic N) is 5. The number of rotatable bonds is 2. The standard InChI is InChI=1S/C21H25N5O/c1-14-17-6-4-10-26(16-5-3-9-25(2)13-16)21(17)24-23-20(14)18-8-7-15(12-22)11-19(18)27/h7-8,11,16,27H,3-6,9-10,13H2,1-2H3/t16-/m1/s1. The Labute approximate surface area is 160 Å². The first kappa shape index (κ1) is 17.7. The fourth-order valence-corrected chi connectivity index (χ4v) is 4.41. The largest absolute Gasteiger partial charge is 0.507 e. The molecular weight excluding hydrogens is 338 g/mol. The Balaban J connectivity index is 1.72. The molecule has 1 N–H and O–H groups in total. The molecule has 0 bridgehead atoms. The number of piperidine rings is 1. The Morgan fingerprint density at radius 3 is 2.81 bits per heavy atom. The van der Waals surface area contributed by atoms with E-state index in [0.717, 1.165) is 37.3 Å². The van der Waals surface area contributed by atoms with Crippen LogP contribution in [0.5, 0.6) is 5.75 Å². The van der Waals surface area contributed by atoms with Gasteiger partial charge in [-0.3, -0.25) is 0 Å². The Morgan fingerprint density at radius 1 is 1.22 bits per heavy atom. The van der Waals surface area contributed by atoms with Gasteiger partial charge in [0, 0.05) is 30.3 Å². The first-order chi connectivity index (χ1) is 13.1. The summed E-state index contributed by atoms with van der Waals surface area (Å²) in [6, 6.07) is 7.49. The van der Waals surface area contributed by atoms with Crippen LogP contribution >= 0.6 is 0 Å². The molecule has 2 aliphatic rings. The molecule has 6 nitrogen and oxygen atoms in total. The molecule has 0 radical (unpaired) electrons. The molecular formula is C21H25N5O. The van der Waals surface area contributed by atoms with E-state index in [2.05, 4.69) is 40.0 Å². The van der Waals surface area contributed by atoms with Gasteiger partial charge in [0.05, 0.1) is 17.3 Å². The van der Waals surface area contributed by atoms with Crippen LogP contribution in [-0.4, -0.2) is 52.9 Å². The molecule has 1 saturated heterocycles. The van der Waals surface area contributed by atoms with Crippen molar-refractivity contribution < 1.29 is 5.11 Å². The molecule has 27 heavy (non-hydrogen) atoms. The lowest BCUT2D eigenvalue weighted by molar-refractivity contribution is 0.242. The SMILES string of the molecule is Cc1c(-c2ccc(C#N)cc2O)nnc2c1CCCN2[C@@H]1CCCN(C)C1. The average molecular weight is 363 g/mol. The van der Waals surface area contributed by atoms with Crippen LogP contribution in [0.1, 0.15) is 36.0 Å².